The van der Waals surface area contributed by atoms with Crippen molar-refractivity contribution >= 4 is 11.9 Å². The molecule has 0 unspecified atom stereocenters. The van der Waals surface area contributed by atoms with Crippen LogP contribution in [0.2, 0.25) is 0 Å². The first-order chi connectivity index (χ1) is 13.4. The fourth-order valence-corrected chi connectivity index (χ4v) is 2.56. The lowest BCUT2D eigenvalue weighted by atomic mass is 10.1. The van der Waals surface area contributed by atoms with Gasteiger partial charge in [-0.25, -0.2) is 9.78 Å². The van der Waals surface area contributed by atoms with E-state index < -0.39 is 11.7 Å². The number of anilines is 1. The lowest BCUT2D eigenvalue weighted by Crippen LogP contribution is -2.27. The van der Waals surface area contributed by atoms with Crippen LogP contribution < -0.4 is 10.1 Å². The SMILES string of the molecule is CC(C)(C)OC(=O)Nc1cc(OCc2ccccc2)cc(-c2ccccc2)n1. The molecule has 5 nitrogen and oxygen atoms in total. The zero-order chi connectivity index (χ0) is 20.0. The third-order valence-electron chi connectivity index (χ3n) is 3.75. The molecule has 144 valence electrons. The summed E-state index contributed by atoms with van der Waals surface area (Å²) in [5, 5.41) is 2.69. The van der Waals surface area contributed by atoms with E-state index in [-0.39, 0.29) is 0 Å². The van der Waals surface area contributed by atoms with Gasteiger partial charge < -0.3 is 9.47 Å². The van der Waals surface area contributed by atoms with Crippen LogP contribution >= 0.6 is 0 Å². The van der Waals surface area contributed by atoms with Crippen LogP contribution in [0.15, 0.2) is 72.8 Å². The molecule has 0 spiro atoms. The molecule has 0 atom stereocenters. The summed E-state index contributed by atoms with van der Waals surface area (Å²) in [5.41, 5.74) is 2.10. The first kappa shape index (κ1) is 19.4. The Hall–Kier alpha value is -3.34. The normalized spacial score (nSPS) is 11.0. The highest BCUT2D eigenvalue weighted by Crippen LogP contribution is 2.26. The molecule has 0 fully saturated rings. The van der Waals surface area contributed by atoms with Gasteiger partial charge in [-0.15, -0.1) is 0 Å². The fourth-order valence-electron chi connectivity index (χ4n) is 2.56. The molecular formula is C23H24N2O3. The second-order valence-corrected chi connectivity index (χ2v) is 7.34. The molecule has 0 aliphatic carbocycles. The number of hydrogen-bond acceptors (Lipinski definition) is 4. The lowest BCUT2D eigenvalue weighted by Gasteiger charge is -2.19. The Labute approximate surface area is 165 Å². The minimum atomic E-state index is -0.590. The van der Waals surface area contributed by atoms with Crippen molar-refractivity contribution in [3.8, 4) is 17.0 Å². The molecule has 0 aliphatic heterocycles. The van der Waals surface area contributed by atoms with Gasteiger partial charge in [0.1, 0.15) is 23.8 Å². The number of nitrogens with zero attached hydrogens (tertiary/aromatic N) is 1. The van der Waals surface area contributed by atoms with Gasteiger partial charge in [0.15, 0.2) is 0 Å². The maximum atomic E-state index is 12.2. The topological polar surface area (TPSA) is 60.5 Å². The number of hydrogen-bond donors (Lipinski definition) is 1. The van der Waals surface area contributed by atoms with Gasteiger partial charge in [0.25, 0.3) is 0 Å². The van der Waals surface area contributed by atoms with Crippen molar-refractivity contribution in [3.05, 3.63) is 78.4 Å². The van der Waals surface area contributed by atoms with Crippen molar-refractivity contribution < 1.29 is 14.3 Å². The van der Waals surface area contributed by atoms with Gasteiger partial charge in [-0.3, -0.25) is 5.32 Å². The van der Waals surface area contributed by atoms with Crippen molar-refractivity contribution in [2.75, 3.05) is 5.32 Å². The van der Waals surface area contributed by atoms with E-state index in [1.807, 2.05) is 87.5 Å². The number of carbonyl (C=O) groups is 1. The molecule has 0 saturated carbocycles. The molecule has 28 heavy (non-hydrogen) atoms. The van der Waals surface area contributed by atoms with Crippen LogP contribution in [-0.2, 0) is 11.3 Å². The zero-order valence-electron chi connectivity index (χ0n) is 16.3. The number of amides is 1. The molecule has 0 aliphatic rings. The number of rotatable bonds is 5. The van der Waals surface area contributed by atoms with Gasteiger partial charge in [-0.2, -0.15) is 0 Å². The molecule has 1 aromatic heterocycles. The van der Waals surface area contributed by atoms with E-state index >= 15 is 0 Å². The highest BCUT2D eigenvalue weighted by atomic mass is 16.6. The van der Waals surface area contributed by atoms with Crippen molar-refractivity contribution in [1.82, 2.24) is 4.98 Å². The summed E-state index contributed by atoms with van der Waals surface area (Å²) in [6, 6.07) is 23.2. The van der Waals surface area contributed by atoms with Crippen LogP contribution in [0.25, 0.3) is 11.3 Å². The van der Waals surface area contributed by atoms with Crippen LogP contribution in [0, 0.1) is 0 Å². The summed E-state index contributed by atoms with van der Waals surface area (Å²) >= 11 is 0. The van der Waals surface area contributed by atoms with Crippen LogP contribution in [0.1, 0.15) is 26.3 Å². The second-order valence-electron chi connectivity index (χ2n) is 7.34. The number of pyridine rings is 1. The van der Waals surface area contributed by atoms with Gasteiger partial charge >= 0.3 is 6.09 Å². The molecule has 5 heteroatoms. The number of nitrogens with one attached hydrogen (secondary N) is 1. The predicted octanol–water partition coefficient (Wildman–Crippen LogP) is 5.67. The van der Waals surface area contributed by atoms with Crippen LogP contribution in [0.3, 0.4) is 0 Å². The molecule has 0 bridgehead atoms. The molecule has 2 aromatic carbocycles. The molecule has 0 radical (unpaired) electrons. The minimum Gasteiger partial charge on any atom is -0.489 e. The highest BCUT2D eigenvalue weighted by Gasteiger charge is 2.17. The van der Waals surface area contributed by atoms with Gasteiger partial charge in [-0.05, 0) is 26.3 Å². The van der Waals surface area contributed by atoms with E-state index in [1.165, 1.54) is 0 Å². The summed E-state index contributed by atoms with van der Waals surface area (Å²) in [4.78, 5) is 16.7. The smallest absolute Gasteiger partial charge is 0.413 e. The van der Waals surface area contributed by atoms with E-state index in [4.69, 9.17) is 9.47 Å². The molecular weight excluding hydrogens is 352 g/mol. The quantitative estimate of drug-likeness (QED) is 0.623. The number of aromatic nitrogens is 1. The van der Waals surface area contributed by atoms with Gasteiger partial charge in [-0.1, -0.05) is 60.7 Å². The molecule has 1 heterocycles. The summed E-state index contributed by atoms with van der Waals surface area (Å²) in [7, 11) is 0. The van der Waals surface area contributed by atoms with E-state index in [0.29, 0.717) is 23.9 Å². The van der Waals surface area contributed by atoms with Crippen molar-refractivity contribution in [2.24, 2.45) is 0 Å². The Morgan fingerprint density at radius 1 is 0.964 bits per heavy atom. The zero-order valence-corrected chi connectivity index (χ0v) is 16.3. The molecule has 1 amide bonds. The maximum absolute atomic E-state index is 12.2. The monoisotopic (exact) mass is 376 g/mol. The number of ether oxygens (including phenoxy) is 2. The Morgan fingerprint density at radius 3 is 2.25 bits per heavy atom. The molecule has 3 aromatic rings. The van der Waals surface area contributed by atoms with Crippen LogP contribution in [-0.4, -0.2) is 16.7 Å². The van der Waals surface area contributed by atoms with Gasteiger partial charge in [0.05, 0.1) is 5.69 Å². The second kappa shape index (κ2) is 8.57. The average molecular weight is 376 g/mol. The Morgan fingerprint density at radius 2 is 1.61 bits per heavy atom. The van der Waals surface area contributed by atoms with Crippen molar-refractivity contribution in [3.63, 3.8) is 0 Å². The predicted molar refractivity (Wildman–Crippen MR) is 110 cm³/mol. The molecule has 1 N–H and O–H groups in total. The van der Waals surface area contributed by atoms with E-state index in [0.717, 1.165) is 11.1 Å². The van der Waals surface area contributed by atoms with E-state index in [1.54, 1.807) is 6.07 Å². The van der Waals surface area contributed by atoms with Crippen molar-refractivity contribution in [1.29, 1.82) is 0 Å². The Bertz CT molecular complexity index is 920. The largest absolute Gasteiger partial charge is 0.489 e. The number of benzene rings is 2. The summed E-state index contributed by atoms with van der Waals surface area (Å²) in [6.45, 7) is 5.86. The van der Waals surface area contributed by atoms with Crippen LogP contribution in [0.5, 0.6) is 5.75 Å². The Kier molecular flexibility index (Phi) is 5.94. The third kappa shape index (κ3) is 5.84. The van der Waals surface area contributed by atoms with Crippen molar-refractivity contribution in [2.45, 2.75) is 33.0 Å². The molecule has 0 saturated heterocycles. The number of carbonyl (C=O) groups excluding carboxylic acids is 1. The molecule has 3 rings (SSSR count). The van der Waals surface area contributed by atoms with Gasteiger partial charge in [0.2, 0.25) is 0 Å². The Balaban J connectivity index is 1.84. The minimum absolute atomic E-state index is 0.374. The first-order valence-corrected chi connectivity index (χ1v) is 9.13. The van der Waals surface area contributed by atoms with Crippen LogP contribution in [0.4, 0.5) is 10.6 Å². The lowest BCUT2D eigenvalue weighted by molar-refractivity contribution is 0.0635. The average Bonchev–Trinajstić information content (AvgIpc) is 2.66. The maximum Gasteiger partial charge on any atom is 0.413 e. The first-order valence-electron chi connectivity index (χ1n) is 9.13. The van der Waals surface area contributed by atoms with E-state index in [9.17, 15) is 4.79 Å². The summed E-state index contributed by atoms with van der Waals surface area (Å²) < 4.78 is 11.3. The van der Waals surface area contributed by atoms with E-state index in [2.05, 4.69) is 10.3 Å². The third-order valence-corrected chi connectivity index (χ3v) is 3.75. The summed E-state index contributed by atoms with van der Waals surface area (Å²) in [5.74, 6) is 0.988. The fraction of sp³-hybridized carbons (Fsp3) is 0.217. The van der Waals surface area contributed by atoms with Gasteiger partial charge in [0, 0.05) is 17.7 Å². The highest BCUT2D eigenvalue weighted by molar-refractivity contribution is 5.84. The standard InChI is InChI=1S/C23H24N2O3/c1-23(2,3)28-22(26)25-21-15-19(27-16-17-10-6-4-7-11-17)14-20(24-21)18-12-8-5-9-13-18/h4-15H,16H2,1-3H3,(H,24,25,26). The summed E-state index contributed by atoms with van der Waals surface area (Å²) in [6.07, 6.45) is -0.556.